The number of carbonyl (C=O) groups excluding carboxylic acids is 4. The molecule has 2 N–H and O–H groups in total. The van der Waals surface area contributed by atoms with Crippen LogP contribution >= 0.6 is 22.6 Å². The average molecular weight is 633 g/mol. The van der Waals surface area contributed by atoms with Gasteiger partial charge in [-0.2, -0.15) is 0 Å². The molecule has 2 heterocycles. The molecule has 5 amide bonds. The molecule has 0 saturated carbocycles. The molecule has 1 aliphatic heterocycles. The number of rotatable bonds is 9. The van der Waals surface area contributed by atoms with Crippen LogP contribution in [0.15, 0.2) is 64.8 Å². The Bertz CT molecular complexity index is 1400. The Morgan fingerprint density at radius 1 is 1.16 bits per heavy atom. The highest BCUT2D eigenvalue weighted by Crippen LogP contribution is 2.35. The number of ether oxygens (including phenoxy) is 2. The van der Waals surface area contributed by atoms with E-state index in [1.807, 2.05) is 22.6 Å². The van der Waals surface area contributed by atoms with Crippen molar-refractivity contribution in [2.45, 2.75) is 13.5 Å². The first-order valence-corrected chi connectivity index (χ1v) is 12.4. The minimum Gasteiger partial charge on any atom is -0.490 e. The van der Waals surface area contributed by atoms with Crippen LogP contribution in [0.3, 0.4) is 0 Å². The van der Waals surface area contributed by atoms with Crippen molar-refractivity contribution < 1.29 is 37.5 Å². The van der Waals surface area contributed by atoms with Crippen molar-refractivity contribution in [2.75, 3.05) is 18.5 Å². The second kappa shape index (κ2) is 11.9. The number of benzene rings is 2. The lowest BCUT2D eigenvalue weighted by atomic mass is 10.1. The van der Waals surface area contributed by atoms with Gasteiger partial charge in [0, 0.05) is 5.69 Å². The fourth-order valence-electron chi connectivity index (χ4n) is 3.50. The van der Waals surface area contributed by atoms with Crippen LogP contribution in [0.4, 0.5) is 14.9 Å². The van der Waals surface area contributed by atoms with Crippen LogP contribution in [-0.4, -0.2) is 41.9 Å². The zero-order valence-corrected chi connectivity index (χ0v) is 22.1. The minimum atomic E-state index is -0.846. The molecule has 2 aromatic carbocycles. The summed E-state index contributed by atoms with van der Waals surface area (Å²) < 4.78 is 30.2. The number of halogens is 2. The number of anilines is 1. The Balaban J connectivity index is 1.53. The normalized spacial score (nSPS) is 14.4. The first-order valence-electron chi connectivity index (χ1n) is 11.3. The summed E-state index contributed by atoms with van der Waals surface area (Å²) in [5.41, 5.74) is 0.602. The van der Waals surface area contributed by atoms with E-state index in [0.717, 1.165) is 4.90 Å². The third-order valence-electron chi connectivity index (χ3n) is 5.20. The summed E-state index contributed by atoms with van der Waals surface area (Å²) in [6.07, 6.45) is 2.76. The van der Waals surface area contributed by atoms with Gasteiger partial charge >= 0.3 is 6.03 Å². The highest BCUT2D eigenvalue weighted by Gasteiger charge is 2.36. The maximum atomic E-state index is 13.1. The zero-order chi connectivity index (χ0) is 27.2. The molecule has 0 spiro atoms. The topological polar surface area (TPSA) is 127 Å². The summed E-state index contributed by atoms with van der Waals surface area (Å²) in [5.74, 6) is -1.55. The van der Waals surface area contributed by atoms with Crippen molar-refractivity contribution in [1.29, 1.82) is 0 Å². The molecule has 1 saturated heterocycles. The molecule has 38 heavy (non-hydrogen) atoms. The molecule has 196 valence electrons. The second-order valence-corrected chi connectivity index (χ2v) is 9.06. The van der Waals surface area contributed by atoms with Crippen LogP contribution in [0.25, 0.3) is 6.08 Å². The van der Waals surface area contributed by atoms with Crippen LogP contribution < -0.4 is 20.1 Å². The molecule has 0 bridgehead atoms. The molecule has 0 atom stereocenters. The average Bonchev–Trinajstić information content (AvgIpc) is 3.39. The Kier molecular flexibility index (Phi) is 8.41. The van der Waals surface area contributed by atoms with E-state index in [1.54, 1.807) is 31.2 Å². The van der Waals surface area contributed by atoms with Gasteiger partial charge in [-0.3, -0.25) is 24.6 Å². The first-order chi connectivity index (χ1) is 18.2. The van der Waals surface area contributed by atoms with Crippen molar-refractivity contribution in [2.24, 2.45) is 0 Å². The van der Waals surface area contributed by atoms with Gasteiger partial charge in [0.25, 0.3) is 17.7 Å². The Morgan fingerprint density at radius 2 is 1.92 bits per heavy atom. The molecule has 12 heteroatoms. The van der Waals surface area contributed by atoms with Gasteiger partial charge in [0.1, 0.15) is 17.2 Å². The third-order valence-corrected chi connectivity index (χ3v) is 6.00. The van der Waals surface area contributed by atoms with Gasteiger partial charge in [0.05, 0.1) is 23.0 Å². The number of urea groups is 1. The number of nitrogens with zero attached hydrogens (tertiary/aromatic N) is 1. The van der Waals surface area contributed by atoms with E-state index in [0.29, 0.717) is 20.6 Å². The summed E-state index contributed by atoms with van der Waals surface area (Å²) in [7, 11) is 0. The van der Waals surface area contributed by atoms with E-state index in [2.05, 4.69) is 10.6 Å². The summed E-state index contributed by atoms with van der Waals surface area (Å²) in [6.45, 7) is 1.55. The number of furan rings is 1. The molecule has 1 aliphatic rings. The zero-order valence-electron chi connectivity index (χ0n) is 20.0. The van der Waals surface area contributed by atoms with E-state index in [1.165, 1.54) is 36.6 Å². The number of hydrogen-bond donors (Lipinski definition) is 2. The molecule has 4 rings (SSSR count). The summed E-state index contributed by atoms with van der Waals surface area (Å²) >= 11 is 1.98. The number of amides is 5. The third kappa shape index (κ3) is 6.37. The fraction of sp³-hybridized carbons (Fsp3) is 0.154. The van der Waals surface area contributed by atoms with Crippen molar-refractivity contribution in [1.82, 2.24) is 10.2 Å². The standard InChI is InChI=1S/C26H21FIN3O7/c1-2-36-21-12-15(10-19-24(33)30-26(35)31(25(19)34)13-18-4-3-9-37-18)11-20(28)23(21)38-14-22(32)29-17-7-5-16(27)6-8-17/h3-12H,2,13-14H2,1H3,(H,29,32)(H,30,33,35)/b19-10+. The minimum absolute atomic E-state index is 0.142. The first kappa shape index (κ1) is 26.9. The Hall–Kier alpha value is -4.20. The second-order valence-electron chi connectivity index (χ2n) is 7.89. The van der Waals surface area contributed by atoms with Gasteiger partial charge < -0.3 is 19.2 Å². The molecular formula is C26H21FIN3O7. The lowest BCUT2D eigenvalue weighted by Gasteiger charge is -2.25. The lowest BCUT2D eigenvalue weighted by molar-refractivity contribution is -0.130. The van der Waals surface area contributed by atoms with Gasteiger partial charge in [-0.05, 0) is 89.7 Å². The van der Waals surface area contributed by atoms with Gasteiger partial charge in [0.2, 0.25) is 0 Å². The number of barbiturate groups is 1. The Labute approximate surface area is 229 Å². The smallest absolute Gasteiger partial charge is 0.331 e. The summed E-state index contributed by atoms with van der Waals surface area (Å²) in [5, 5.41) is 4.76. The largest absolute Gasteiger partial charge is 0.490 e. The SMILES string of the molecule is CCOc1cc(/C=C2\C(=O)NC(=O)N(Cc3ccco3)C2=O)cc(I)c1OCC(=O)Nc1ccc(F)cc1. The molecule has 0 unspecified atom stereocenters. The quantitative estimate of drug-likeness (QED) is 0.207. The van der Waals surface area contributed by atoms with Crippen LogP contribution in [0, 0.1) is 9.39 Å². The number of carbonyl (C=O) groups is 4. The fourth-order valence-corrected chi connectivity index (χ4v) is 4.29. The number of hydrogen-bond acceptors (Lipinski definition) is 7. The van der Waals surface area contributed by atoms with Gasteiger partial charge in [-0.1, -0.05) is 0 Å². The molecule has 1 aromatic heterocycles. The molecular weight excluding hydrogens is 612 g/mol. The van der Waals surface area contributed by atoms with Crippen LogP contribution in [0.2, 0.25) is 0 Å². The number of imide groups is 2. The Morgan fingerprint density at radius 3 is 2.61 bits per heavy atom. The van der Waals surface area contributed by atoms with Crippen molar-refractivity contribution in [3.05, 3.63) is 81.1 Å². The van der Waals surface area contributed by atoms with Crippen molar-refractivity contribution in [3.63, 3.8) is 0 Å². The van der Waals surface area contributed by atoms with Crippen molar-refractivity contribution in [3.8, 4) is 11.5 Å². The highest BCUT2D eigenvalue weighted by molar-refractivity contribution is 14.1. The molecule has 3 aromatic rings. The van der Waals surface area contributed by atoms with E-state index in [9.17, 15) is 23.6 Å². The summed E-state index contributed by atoms with van der Waals surface area (Å²) in [4.78, 5) is 50.9. The number of nitrogens with one attached hydrogen (secondary N) is 2. The van der Waals surface area contributed by atoms with E-state index < -0.39 is 29.6 Å². The monoisotopic (exact) mass is 633 g/mol. The molecule has 10 nitrogen and oxygen atoms in total. The lowest BCUT2D eigenvalue weighted by Crippen LogP contribution is -2.53. The van der Waals surface area contributed by atoms with Crippen LogP contribution in [-0.2, 0) is 20.9 Å². The predicted octanol–water partition coefficient (Wildman–Crippen LogP) is 4.10. The maximum absolute atomic E-state index is 13.1. The molecule has 1 fully saturated rings. The van der Waals surface area contributed by atoms with Gasteiger partial charge in [-0.15, -0.1) is 0 Å². The van der Waals surface area contributed by atoms with Crippen LogP contribution in [0.1, 0.15) is 18.2 Å². The highest BCUT2D eigenvalue weighted by atomic mass is 127. The molecule has 0 radical (unpaired) electrons. The van der Waals surface area contributed by atoms with Gasteiger partial charge in [-0.25, -0.2) is 9.18 Å². The predicted molar refractivity (Wildman–Crippen MR) is 142 cm³/mol. The van der Waals surface area contributed by atoms with E-state index >= 15 is 0 Å². The van der Waals surface area contributed by atoms with Gasteiger partial charge in [0.15, 0.2) is 18.1 Å². The molecule has 0 aliphatic carbocycles. The van der Waals surface area contributed by atoms with Crippen LogP contribution in [0.5, 0.6) is 11.5 Å². The maximum Gasteiger partial charge on any atom is 0.331 e. The van der Waals surface area contributed by atoms with E-state index in [4.69, 9.17) is 13.9 Å². The van der Waals surface area contributed by atoms with Crippen molar-refractivity contribution >= 4 is 58.1 Å². The van der Waals surface area contributed by atoms with E-state index in [-0.39, 0.29) is 36.8 Å². The summed E-state index contributed by atoms with van der Waals surface area (Å²) in [6, 6.07) is 10.9.